The maximum atomic E-state index is 5.69. The number of aryl methyl sites for hydroxylation is 1. The van der Waals surface area contributed by atoms with Gasteiger partial charge in [0.05, 0.1) is 10.8 Å². The molecule has 0 atom stereocenters. The van der Waals surface area contributed by atoms with Crippen molar-refractivity contribution in [3.8, 4) is 0 Å². The van der Waals surface area contributed by atoms with Gasteiger partial charge >= 0.3 is 0 Å². The molecule has 0 unspecified atom stereocenters. The Kier molecular flexibility index (Phi) is 4.59. The third-order valence-corrected chi connectivity index (χ3v) is 2.84. The number of aliphatic imine (C=N–C) groups is 1. The minimum absolute atomic E-state index is 0.763. The van der Waals surface area contributed by atoms with Gasteiger partial charge in [-0.25, -0.2) is 4.98 Å². The van der Waals surface area contributed by atoms with Gasteiger partial charge in [-0.15, -0.1) is 11.3 Å². The lowest BCUT2D eigenvalue weighted by molar-refractivity contribution is 0.915. The molecule has 0 radical (unpaired) electrons. The van der Waals surface area contributed by atoms with Crippen LogP contribution < -0.4 is 5.73 Å². The summed E-state index contributed by atoms with van der Waals surface area (Å²) in [6.45, 7) is 4.88. The summed E-state index contributed by atoms with van der Waals surface area (Å²) < 4.78 is 0. The van der Waals surface area contributed by atoms with Crippen molar-refractivity contribution in [3.63, 3.8) is 0 Å². The van der Waals surface area contributed by atoms with Gasteiger partial charge < -0.3 is 5.73 Å². The number of nitrogens with zero attached hydrogens (tertiary/aromatic N) is 2. The lowest BCUT2D eigenvalue weighted by atomic mass is 10.3. The molecule has 0 aromatic carbocycles. The number of aromatic nitrogens is 1. The molecule has 4 heteroatoms. The van der Waals surface area contributed by atoms with Gasteiger partial charge in [-0.2, -0.15) is 0 Å². The average molecular weight is 211 g/mol. The molecular formula is C10H17N3S. The molecule has 0 saturated heterocycles. The first kappa shape index (κ1) is 11.2. The van der Waals surface area contributed by atoms with Crippen LogP contribution in [0, 0.1) is 6.92 Å². The third-order valence-electron chi connectivity index (χ3n) is 1.81. The smallest absolute Gasteiger partial charge is 0.0946 e. The lowest BCUT2D eigenvalue weighted by Gasteiger charge is -1.96. The van der Waals surface area contributed by atoms with Crippen LogP contribution in [0.2, 0.25) is 0 Å². The summed E-state index contributed by atoms with van der Waals surface area (Å²) in [6.07, 6.45) is 2.87. The first-order valence-corrected chi connectivity index (χ1v) is 5.80. The van der Waals surface area contributed by atoms with E-state index >= 15 is 0 Å². The lowest BCUT2D eigenvalue weighted by Crippen LogP contribution is -2.11. The molecule has 0 saturated carbocycles. The number of nitrogens with two attached hydrogens (primary N) is 1. The Morgan fingerprint density at radius 2 is 2.43 bits per heavy atom. The predicted molar refractivity (Wildman–Crippen MR) is 62.0 cm³/mol. The Morgan fingerprint density at radius 1 is 1.64 bits per heavy atom. The number of thiazole rings is 1. The van der Waals surface area contributed by atoms with Gasteiger partial charge in [-0.05, 0) is 13.3 Å². The van der Waals surface area contributed by atoms with Crippen molar-refractivity contribution < 1.29 is 0 Å². The topological polar surface area (TPSA) is 51.3 Å². The van der Waals surface area contributed by atoms with Gasteiger partial charge in [0.2, 0.25) is 0 Å². The van der Waals surface area contributed by atoms with Crippen molar-refractivity contribution >= 4 is 17.2 Å². The largest absolute Gasteiger partial charge is 0.387 e. The highest BCUT2D eigenvalue weighted by Crippen LogP contribution is 2.09. The van der Waals surface area contributed by atoms with Crippen molar-refractivity contribution in [1.29, 1.82) is 0 Å². The Balaban J connectivity index is 2.31. The van der Waals surface area contributed by atoms with Crippen LogP contribution in [0.15, 0.2) is 10.4 Å². The van der Waals surface area contributed by atoms with E-state index < -0.39 is 0 Å². The zero-order valence-electron chi connectivity index (χ0n) is 8.79. The monoisotopic (exact) mass is 211 g/mol. The van der Waals surface area contributed by atoms with Gasteiger partial charge in [0.1, 0.15) is 0 Å². The summed E-state index contributed by atoms with van der Waals surface area (Å²) in [5.74, 6) is 0.765. The first-order chi connectivity index (χ1) is 6.72. The molecule has 1 heterocycles. The van der Waals surface area contributed by atoms with Gasteiger partial charge in [0, 0.05) is 30.5 Å². The molecule has 0 aliphatic heterocycles. The molecule has 3 nitrogen and oxygen atoms in total. The molecule has 1 aromatic rings. The average Bonchev–Trinajstić information content (AvgIpc) is 2.52. The number of hydrogen-bond acceptors (Lipinski definition) is 3. The fourth-order valence-corrected chi connectivity index (χ4v) is 1.91. The molecular weight excluding hydrogens is 194 g/mol. The Labute approximate surface area is 89.1 Å². The maximum Gasteiger partial charge on any atom is 0.0946 e. The van der Waals surface area contributed by atoms with Crippen molar-refractivity contribution in [3.05, 3.63) is 16.1 Å². The van der Waals surface area contributed by atoms with Crippen molar-refractivity contribution in [2.24, 2.45) is 10.7 Å². The summed E-state index contributed by atoms with van der Waals surface area (Å²) in [4.78, 5) is 8.64. The minimum atomic E-state index is 0.763. The number of amidine groups is 1. The predicted octanol–water partition coefficient (Wildman–Crippen LogP) is 2.15. The third kappa shape index (κ3) is 3.87. The second-order valence-corrected chi connectivity index (χ2v) is 4.20. The van der Waals surface area contributed by atoms with Crippen LogP contribution in [-0.2, 0) is 6.42 Å². The van der Waals surface area contributed by atoms with Crippen LogP contribution in [0.25, 0.3) is 0 Å². The van der Waals surface area contributed by atoms with Crippen LogP contribution in [0.4, 0.5) is 0 Å². The van der Waals surface area contributed by atoms with Crippen molar-refractivity contribution in [2.45, 2.75) is 33.1 Å². The highest BCUT2D eigenvalue weighted by molar-refractivity contribution is 7.09. The van der Waals surface area contributed by atoms with Crippen LogP contribution in [0.5, 0.6) is 0 Å². The van der Waals surface area contributed by atoms with Crippen molar-refractivity contribution in [1.82, 2.24) is 4.98 Å². The van der Waals surface area contributed by atoms with E-state index in [1.165, 1.54) is 0 Å². The molecule has 14 heavy (non-hydrogen) atoms. The highest BCUT2D eigenvalue weighted by atomic mass is 32.1. The van der Waals surface area contributed by atoms with Gasteiger partial charge in [0.15, 0.2) is 0 Å². The molecule has 1 rings (SSSR count). The molecule has 0 fully saturated rings. The Bertz CT molecular complexity index is 304. The van der Waals surface area contributed by atoms with E-state index in [-0.39, 0.29) is 0 Å². The normalized spacial score (nSPS) is 12.0. The minimum Gasteiger partial charge on any atom is -0.387 e. The fraction of sp³-hybridized carbons (Fsp3) is 0.600. The Morgan fingerprint density at radius 3 is 3.00 bits per heavy atom. The molecule has 1 aromatic heterocycles. The van der Waals surface area contributed by atoms with Gasteiger partial charge in [-0.1, -0.05) is 6.92 Å². The first-order valence-electron chi connectivity index (χ1n) is 4.92. The standard InChI is InChI=1S/C10H17N3S/c1-3-4-9(11)12-6-5-10-13-8(2)7-14-10/h7H,3-6H2,1-2H3,(H2,11,12). The molecule has 0 spiro atoms. The summed E-state index contributed by atoms with van der Waals surface area (Å²) in [7, 11) is 0. The van der Waals surface area contributed by atoms with E-state index in [1.807, 2.05) is 6.92 Å². The summed E-state index contributed by atoms with van der Waals surface area (Å²) in [5, 5.41) is 3.21. The van der Waals surface area contributed by atoms with Crippen LogP contribution >= 0.6 is 11.3 Å². The number of hydrogen-bond donors (Lipinski definition) is 1. The van der Waals surface area contributed by atoms with Gasteiger partial charge in [-0.3, -0.25) is 4.99 Å². The van der Waals surface area contributed by atoms with Crippen molar-refractivity contribution in [2.75, 3.05) is 6.54 Å². The molecule has 0 amide bonds. The van der Waals surface area contributed by atoms with E-state index in [2.05, 4.69) is 22.3 Å². The zero-order chi connectivity index (χ0) is 10.4. The molecule has 0 bridgehead atoms. The van der Waals surface area contributed by atoms with E-state index in [0.29, 0.717) is 0 Å². The number of rotatable bonds is 5. The van der Waals surface area contributed by atoms with E-state index in [1.54, 1.807) is 11.3 Å². The SMILES string of the molecule is CCCC(N)=NCCc1nc(C)cs1. The van der Waals surface area contributed by atoms with Crippen LogP contribution in [-0.4, -0.2) is 17.4 Å². The summed E-state index contributed by atoms with van der Waals surface area (Å²) in [6, 6.07) is 0. The van der Waals surface area contributed by atoms with E-state index in [9.17, 15) is 0 Å². The van der Waals surface area contributed by atoms with Crippen LogP contribution in [0.3, 0.4) is 0 Å². The summed E-state index contributed by atoms with van der Waals surface area (Å²) in [5.41, 5.74) is 6.78. The maximum absolute atomic E-state index is 5.69. The zero-order valence-corrected chi connectivity index (χ0v) is 9.60. The fourth-order valence-electron chi connectivity index (χ4n) is 1.15. The molecule has 2 N–H and O–H groups in total. The molecule has 78 valence electrons. The van der Waals surface area contributed by atoms with Crippen LogP contribution in [0.1, 0.15) is 30.5 Å². The highest BCUT2D eigenvalue weighted by Gasteiger charge is 1.97. The quantitative estimate of drug-likeness (QED) is 0.599. The molecule has 0 aliphatic carbocycles. The van der Waals surface area contributed by atoms with E-state index in [0.717, 1.165) is 42.3 Å². The second-order valence-electron chi connectivity index (χ2n) is 3.26. The second kappa shape index (κ2) is 5.75. The Hall–Kier alpha value is -0.900. The molecule has 0 aliphatic rings. The van der Waals surface area contributed by atoms with E-state index in [4.69, 9.17) is 5.73 Å². The van der Waals surface area contributed by atoms with Gasteiger partial charge in [0.25, 0.3) is 0 Å². The summed E-state index contributed by atoms with van der Waals surface area (Å²) >= 11 is 1.69.